The minimum absolute atomic E-state index is 0.155. The highest BCUT2D eigenvalue weighted by atomic mass is 15.0. The number of aromatic nitrogens is 2. The highest BCUT2D eigenvalue weighted by Gasteiger charge is 2.17. The van der Waals surface area contributed by atoms with Crippen molar-refractivity contribution in [3.05, 3.63) is 61.1 Å². The minimum Gasteiger partial charge on any atom is -0.391 e. The molecule has 1 aliphatic rings. The van der Waals surface area contributed by atoms with Crippen LogP contribution in [0.5, 0.6) is 0 Å². The van der Waals surface area contributed by atoms with E-state index >= 15 is 0 Å². The van der Waals surface area contributed by atoms with E-state index < -0.39 is 0 Å². The third kappa shape index (κ3) is 4.67. The zero-order chi connectivity index (χ0) is 19.1. The molecule has 0 fully saturated rings. The van der Waals surface area contributed by atoms with E-state index in [1.807, 2.05) is 6.20 Å². The first-order valence-corrected chi connectivity index (χ1v) is 9.63. The molecule has 0 aliphatic heterocycles. The Hall–Kier alpha value is -2.82. The number of rotatable bonds is 9. The molecular formula is C22H29N5. The summed E-state index contributed by atoms with van der Waals surface area (Å²) < 4.78 is 2.17. The Morgan fingerprint density at radius 2 is 2.33 bits per heavy atom. The quantitative estimate of drug-likeness (QED) is 0.403. The number of hydrogen-bond acceptors (Lipinski definition) is 3. The fraction of sp³-hybridized carbons (Fsp3) is 0.364. The zero-order valence-corrected chi connectivity index (χ0v) is 16.1. The Bertz CT molecular complexity index is 872. The van der Waals surface area contributed by atoms with E-state index in [-0.39, 0.29) is 5.92 Å². The second kappa shape index (κ2) is 9.21. The summed E-state index contributed by atoms with van der Waals surface area (Å²) in [6.45, 7) is 4.67. The van der Waals surface area contributed by atoms with Crippen LogP contribution in [-0.4, -0.2) is 29.0 Å². The Morgan fingerprint density at radius 1 is 1.44 bits per heavy atom. The topological polar surface area (TPSA) is 68.2 Å². The molecule has 0 saturated heterocycles. The van der Waals surface area contributed by atoms with Crippen LogP contribution >= 0.6 is 0 Å². The summed E-state index contributed by atoms with van der Waals surface area (Å²) in [5, 5.41) is 4.33. The number of pyridine rings is 1. The lowest BCUT2D eigenvalue weighted by molar-refractivity contribution is 0.654. The summed E-state index contributed by atoms with van der Waals surface area (Å²) in [7, 11) is 1.74. The number of nitrogens with two attached hydrogens (primary N) is 1. The van der Waals surface area contributed by atoms with Crippen molar-refractivity contribution >= 4 is 22.6 Å². The molecule has 0 aromatic carbocycles. The molecule has 0 spiro atoms. The molecule has 2 heterocycles. The predicted molar refractivity (Wildman–Crippen MR) is 115 cm³/mol. The van der Waals surface area contributed by atoms with E-state index in [2.05, 4.69) is 58.0 Å². The molecule has 0 bridgehead atoms. The summed E-state index contributed by atoms with van der Waals surface area (Å²) in [5.41, 5.74) is 9.51. The number of fused-ring (bicyclic) bond motifs is 1. The molecule has 2 aromatic rings. The Kier molecular flexibility index (Phi) is 6.47. The molecular weight excluding hydrogens is 334 g/mol. The molecule has 0 amide bonds. The average molecular weight is 364 g/mol. The number of hydrogen-bond donors (Lipinski definition) is 2. The highest BCUT2D eigenvalue weighted by Crippen LogP contribution is 2.27. The number of aryl methyl sites for hydroxylation is 1. The van der Waals surface area contributed by atoms with E-state index in [1.165, 1.54) is 35.9 Å². The SMILES string of the molecule is C=CNCCCCCc1cnc2c(ccn2C2=CC=CC(C(N)=NC)C2)c1. The first-order chi connectivity index (χ1) is 13.2. The van der Waals surface area contributed by atoms with Crippen molar-refractivity contribution in [3.8, 4) is 0 Å². The van der Waals surface area contributed by atoms with Gasteiger partial charge in [0.25, 0.3) is 0 Å². The molecule has 3 N–H and O–H groups in total. The van der Waals surface area contributed by atoms with E-state index in [0.717, 1.165) is 25.0 Å². The molecule has 27 heavy (non-hydrogen) atoms. The second-order valence-electron chi connectivity index (χ2n) is 6.91. The van der Waals surface area contributed by atoms with Crippen LogP contribution in [0.25, 0.3) is 16.7 Å². The molecule has 3 rings (SSSR count). The number of unbranched alkanes of at least 4 members (excludes halogenated alkanes) is 2. The van der Waals surface area contributed by atoms with Crippen LogP contribution in [-0.2, 0) is 6.42 Å². The van der Waals surface area contributed by atoms with Crippen molar-refractivity contribution in [2.24, 2.45) is 16.6 Å². The molecule has 1 unspecified atom stereocenters. The van der Waals surface area contributed by atoms with Gasteiger partial charge in [-0.1, -0.05) is 25.2 Å². The van der Waals surface area contributed by atoms with Crippen molar-refractivity contribution in [1.82, 2.24) is 14.9 Å². The van der Waals surface area contributed by atoms with Gasteiger partial charge in [0.05, 0.1) is 0 Å². The highest BCUT2D eigenvalue weighted by molar-refractivity contribution is 5.87. The molecule has 5 heteroatoms. The maximum absolute atomic E-state index is 6.02. The van der Waals surface area contributed by atoms with Crippen molar-refractivity contribution in [3.63, 3.8) is 0 Å². The van der Waals surface area contributed by atoms with Gasteiger partial charge in [-0.25, -0.2) is 4.98 Å². The smallest absolute Gasteiger partial charge is 0.144 e. The monoisotopic (exact) mass is 363 g/mol. The third-order valence-corrected chi connectivity index (χ3v) is 5.02. The maximum atomic E-state index is 6.02. The first-order valence-electron chi connectivity index (χ1n) is 9.63. The van der Waals surface area contributed by atoms with Crippen molar-refractivity contribution in [1.29, 1.82) is 0 Å². The lowest BCUT2D eigenvalue weighted by Crippen LogP contribution is -2.24. The van der Waals surface area contributed by atoms with E-state index in [0.29, 0.717) is 5.84 Å². The maximum Gasteiger partial charge on any atom is 0.144 e. The fourth-order valence-electron chi connectivity index (χ4n) is 3.48. The van der Waals surface area contributed by atoms with Gasteiger partial charge >= 0.3 is 0 Å². The Balaban J connectivity index is 1.66. The van der Waals surface area contributed by atoms with Gasteiger partial charge in [0.15, 0.2) is 0 Å². The lowest BCUT2D eigenvalue weighted by atomic mass is 9.97. The molecule has 142 valence electrons. The largest absolute Gasteiger partial charge is 0.391 e. The summed E-state index contributed by atoms with van der Waals surface area (Å²) in [6.07, 6.45) is 17.6. The Morgan fingerprint density at radius 3 is 3.15 bits per heavy atom. The lowest BCUT2D eigenvalue weighted by Gasteiger charge is -2.19. The van der Waals surface area contributed by atoms with E-state index in [4.69, 9.17) is 10.7 Å². The molecule has 0 radical (unpaired) electrons. The van der Waals surface area contributed by atoms with Gasteiger partial charge in [-0.15, -0.1) is 0 Å². The summed E-state index contributed by atoms with van der Waals surface area (Å²) in [4.78, 5) is 8.88. The zero-order valence-electron chi connectivity index (χ0n) is 16.1. The molecule has 1 aliphatic carbocycles. The standard InChI is InChI=1S/C22H29N5/c1-3-25-12-6-4-5-8-17-14-19-11-13-27(22(19)26-16-17)20-10-7-9-18(15-20)21(23)24-2/h3,7,9-11,13-14,16,18,25H,1,4-6,8,12,15H2,2H3,(H2,23,24). The van der Waals surface area contributed by atoms with Crippen molar-refractivity contribution in [2.45, 2.75) is 32.1 Å². The van der Waals surface area contributed by atoms with E-state index in [1.54, 1.807) is 13.2 Å². The van der Waals surface area contributed by atoms with Crippen LogP contribution < -0.4 is 11.1 Å². The number of amidine groups is 1. The average Bonchev–Trinajstić information content (AvgIpc) is 3.13. The summed E-state index contributed by atoms with van der Waals surface area (Å²) in [6, 6.07) is 4.41. The van der Waals surface area contributed by atoms with Gasteiger partial charge in [-0.05, 0) is 49.2 Å². The van der Waals surface area contributed by atoms with Gasteiger partial charge in [0.2, 0.25) is 0 Å². The second-order valence-corrected chi connectivity index (χ2v) is 6.91. The van der Waals surface area contributed by atoms with Crippen molar-refractivity contribution < 1.29 is 0 Å². The van der Waals surface area contributed by atoms with Gasteiger partial charge in [0, 0.05) is 49.4 Å². The van der Waals surface area contributed by atoms with Gasteiger partial charge in [-0.2, -0.15) is 0 Å². The molecule has 2 aromatic heterocycles. The van der Waals surface area contributed by atoms with Crippen LogP contribution in [0.2, 0.25) is 0 Å². The summed E-state index contributed by atoms with van der Waals surface area (Å²) >= 11 is 0. The molecule has 1 atom stereocenters. The number of nitrogens with zero attached hydrogens (tertiary/aromatic N) is 3. The first kappa shape index (κ1) is 19.0. The van der Waals surface area contributed by atoms with E-state index in [9.17, 15) is 0 Å². The molecule has 5 nitrogen and oxygen atoms in total. The number of nitrogens with one attached hydrogen (secondary N) is 1. The molecule has 0 saturated carbocycles. The summed E-state index contributed by atoms with van der Waals surface area (Å²) in [5.74, 6) is 0.828. The third-order valence-electron chi connectivity index (χ3n) is 5.02. The number of aliphatic imine (C=N–C) groups is 1. The predicted octanol–water partition coefficient (Wildman–Crippen LogP) is 3.89. The van der Waals surface area contributed by atoms with Crippen LogP contribution in [0, 0.1) is 5.92 Å². The Labute approximate surface area is 161 Å². The normalized spacial score (nSPS) is 17.1. The van der Waals surface area contributed by atoms with Crippen LogP contribution in [0.1, 0.15) is 31.2 Å². The van der Waals surface area contributed by atoms with Crippen molar-refractivity contribution in [2.75, 3.05) is 13.6 Å². The van der Waals surface area contributed by atoms with Crippen LogP contribution in [0.4, 0.5) is 0 Å². The number of allylic oxidation sites excluding steroid dienone is 3. The minimum atomic E-state index is 0.155. The van der Waals surface area contributed by atoms with Gasteiger partial charge in [-0.3, -0.25) is 4.99 Å². The van der Waals surface area contributed by atoms with Gasteiger partial charge < -0.3 is 15.6 Å². The fourth-order valence-corrected chi connectivity index (χ4v) is 3.48. The van der Waals surface area contributed by atoms with Crippen LogP contribution in [0.3, 0.4) is 0 Å². The van der Waals surface area contributed by atoms with Gasteiger partial charge in [0.1, 0.15) is 11.5 Å². The van der Waals surface area contributed by atoms with Crippen LogP contribution in [0.15, 0.2) is 60.5 Å².